The van der Waals surface area contributed by atoms with Gasteiger partial charge in [0.05, 0.1) is 17.3 Å². The Morgan fingerprint density at radius 3 is 2.68 bits per heavy atom. The van der Waals surface area contributed by atoms with Gasteiger partial charge >= 0.3 is 12.0 Å². The summed E-state index contributed by atoms with van der Waals surface area (Å²) in [4.78, 5) is 22.2. The number of amides is 2. The van der Waals surface area contributed by atoms with Gasteiger partial charge in [-0.2, -0.15) is 5.26 Å². The molecule has 100 valence electrons. The van der Waals surface area contributed by atoms with Gasteiger partial charge in [-0.3, -0.25) is 0 Å². The number of nitrogens with zero attached hydrogens (tertiary/aromatic N) is 1. The first-order chi connectivity index (χ1) is 8.97. The van der Waals surface area contributed by atoms with Crippen LogP contribution < -0.4 is 10.6 Å². The average molecular weight is 265 g/mol. The van der Waals surface area contributed by atoms with Crippen molar-refractivity contribution in [3.8, 4) is 6.07 Å². The van der Waals surface area contributed by atoms with Gasteiger partial charge in [0.2, 0.25) is 0 Å². The lowest BCUT2D eigenvalue weighted by atomic mass is 10.2. The number of carboxylic acids is 1. The molecule has 0 bridgehead atoms. The van der Waals surface area contributed by atoms with Crippen molar-refractivity contribution in [1.82, 2.24) is 5.32 Å². The topological polar surface area (TPSA) is 102 Å². The monoisotopic (exact) mass is 265 g/mol. The fraction of sp³-hybridized carbons (Fsp3) is 0.250. The zero-order chi connectivity index (χ0) is 14.4. The van der Waals surface area contributed by atoms with Gasteiger partial charge in [-0.15, -0.1) is 0 Å². The van der Waals surface area contributed by atoms with E-state index in [9.17, 15) is 14.0 Å². The van der Waals surface area contributed by atoms with Crippen LogP contribution in [0.25, 0.3) is 0 Å². The van der Waals surface area contributed by atoms with Gasteiger partial charge in [-0.1, -0.05) is 6.92 Å². The minimum absolute atomic E-state index is 0.125. The van der Waals surface area contributed by atoms with E-state index in [-0.39, 0.29) is 17.7 Å². The minimum Gasteiger partial charge on any atom is -0.480 e. The predicted molar refractivity (Wildman–Crippen MR) is 65.0 cm³/mol. The molecule has 7 heteroatoms. The molecule has 19 heavy (non-hydrogen) atoms. The lowest BCUT2D eigenvalue weighted by Gasteiger charge is -2.13. The summed E-state index contributed by atoms with van der Waals surface area (Å²) in [6.45, 7) is 1.60. The highest BCUT2D eigenvalue weighted by atomic mass is 19.1. The van der Waals surface area contributed by atoms with Gasteiger partial charge in [0.15, 0.2) is 0 Å². The molecular formula is C12H12FN3O3. The Bertz CT molecular complexity index is 540. The van der Waals surface area contributed by atoms with Crippen molar-refractivity contribution in [3.05, 3.63) is 29.6 Å². The van der Waals surface area contributed by atoms with E-state index in [1.165, 1.54) is 12.1 Å². The Morgan fingerprint density at radius 1 is 1.53 bits per heavy atom. The van der Waals surface area contributed by atoms with Crippen LogP contribution in [0.15, 0.2) is 18.2 Å². The van der Waals surface area contributed by atoms with E-state index in [0.29, 0.717) is 0 Å². The lowest BCUT2D eigenvalue weighted by Crippen LogP contribution is -2.42. The number of nitrogens with one attached hydrogen (secondary N) is 2. The maximum Gasteiger partial charge on any atom is 0.326 e. The van der Waals surface area contributed by atoms with Crippen LogP contribution in [0.1, 0.15) is 18.9 Å². The second kappa shape index (κ2) is 6.35. The molecule has 0 aromatic heterocycles. The van der Waals surface area contributed by atoms with Gasteiger partial charge in [0.1, 0.15) is 11.9 Å². The molecule has 1 atom stereocenters. The molecule has 3 N–H and O–H groups in total. The summed E-state index contributed by atoms with van der Waals surface area (Å²) in [7, 11) is 0. The summed E-state index contributed by atoms with van der Waals surface area (Å²) < 4.78 is 13.5. The van der Waals surface area contributed by atoms with Crippen molar-refractivity contribution in [2.24, 2.45) is 0 Å². The number of carboxylic acid groups (broad SMARTS) is 1. The highest BCUT2D eigenvalue weighted by Crippen LogP contribution is 2.15. The van der Waals surface area contributed by atoms with E-state index >= 15 is 0 Å². The molecule has 0 saturated heterocycles. The second-order valence-corrected chi connectivity index (χ2v) is 3.70. The van der Waals surface area contributed by atoms with Crippen LogP contribution in [0.4, 0.5) is 14.9 Å². The lowest BCUT2D eigenvalue weighted by molar-refractivity contribution is -0.139. The largest absolute Gasteiger partial charge is 0.480 e. The molecule has 0 aliphatic heterocycles. The molecule has 1 aromatic carbocycles. The Balaban J connectivity index is 2.72. The third-order valence-corrected chi connectivity index (χ3v) is 2.36. The van der Waals surface area contributed by atoms with Gasteiger partial charge in [-0.25, -0.2) is 14.0 Å². The number of carbonyl (C=O) groups excluding carboxylic acids is 1. The molecule has 1 aromatic rings. The van der Waals surface area contributed by atoms with Crippen molar-refractivity contribution in [3.63, 3.8) is 0 Å². The molecule has 0 radical (unpaired) electrons. The van der Waals surface area contributed by atoms with Gasteiger partial charge in [-0.05, 0) is 24.6 Å². The predicted octanol–water partition coefficient (Wildman–Crippen LogP) is 1.68. The number of benzene rings is 1. The zero-order valence-corrected chi connectivity index (χ0v) is 10.1. The minimum atomic E-state index is -1.17. The first-order valence-electron chi connectivity index (χ1n) is 5.48. The molecule has 0 aliphatic carbocycles. The Labute approximate surface area is 108 Å². The van der Waals surface area contributed by atoms with Crippen molar-refractivity contribution in [1.29, 1.82) is 5.26 Å². The molecular weight excluding hydrogens is 253 g/mol. The number of aliphatic carboxylic acids is 1. The number of hydrogen-bond donors (Lipinski definition) is 3. The Hall–Kier alpha value is -2.62. The molecule has 0 unspecified atom stereocenters. The number of halogens is 1. The molecule has 0 fully saturated rings. The van der Waals surface area contributed by atoms with E-state index in [1.54, 1.807) is 13.0 Å². The third-order valence-electron chi connectivity index (χ3n) is 2.36. The van der Waals surface area contributed by atoms with Crippen molar-refractivity contribution >= 4 is 17.7 Å². The van der Waals surface area contributed by atoms with E-state index < -0.39 is 23.9 Å². The van der Waals surface area contributed by atoms with Gasteiger partial charge < -0.3 is 15.7 Å². The molecule has 0 heterocycles. The summed E-state index contributed by atoms with van der Waals surface area (Å²) >= 11 is 0. The van der Waals surface area contributed by atoms with E-state index in [0.717, 1.165) is 6.07 Å². The normalized spacial score (nSPS) is 11.2. The molecule has 0 spiro atoms. The van der Waals surface area contributed by atoms with Crippen LogP contribution in [-0.2, 0) is 4.79 Å². The zero-order valence-electron chi connectivity index (χ0n) is 10.1. The van der Waals surface area contributed by atoms with Crippen LogP contribution in [0.3, 0.4) is 0 Å². The molecule has 2 amide bonds. The maximum absolute atomic E-state index is 13.5. The third kappa shape index (κ3) is 3.96. The summed E-state index contributed by atoms with van der Waals surface area (Å²) in [6, 6.07) is 3.44. The number of rotatable bonds is 4. The molecule has 6 nitrogen and oxygen atoms in total. The summed E-state index contributed by atoms with van der Waals surface area (Å²) in [6.07, 6.45) is 0.207. The Morgan fingerprint density at radius 2 is 2.21 bits per heavy atom. The first-order valence-corrected chi connectivity index (χ1v) is 5.48. The van der Waals surface area contributed by atoms with Crippen molar-refractivity contribution in [2.75, 3.05) is 5.32 Å². The van der Waals surface area contributed by atoms with Crippen LogP contribution in [-0.4, -0.2) is 23.1 Å². The van der Waals surface area contributed by atoms with Crippen LogP contribution in [0, 0.1) is 17.1 Å². The van der Waals surface area contributed by atoms with Crippen molar-refractivity contribution < 1.29 is 19.1 Å². The number of hydrogen-bond acceptors (Lipinski definition) is 3. The molecule has 1 rings (SSSR count). The number of nitriles is 1. The standard InChI is InChI=1S/C12H12FN3O3/c1-2-9(11(17)18)15-12(19)16-10-4-3-7(6-14)5-8(10)13/h3-5,9H,2H2,1H3,(H,17,18)(H2,15,16,19)/t9-/m0/s1. The fourth-order valence-electron chi connectivity index (χ4n) is 1.34. The fourth-order valence-corrected chi connectivity index (χ4v) is 1.34. The van der Waals surface area contributed by atoms with Gasteiger partial charge in [0.25, 0.3) is 0 Å². The number of anilines is 1. The smallest absolute Gasteiger partial charge is 0.326 e. The molecule has 0 saturated carbocycles. The number of carbonyl (C=O) groups is 2. The number of urea groups is 1. The van der Waals surface area contributed by atoms with Crippen LogP contribution in [0.5, 0.6) is 0 Å². The van der Waals surface area contributed by atoms with Gasteiger partial charge in [0, 0.05) is 0 Å². The SMILES string of the molecule is CC[C@H](NC(=O)Nc1ccc(C#N)cc1F)C(=O)O. The first kappa shape index (κ1) is 14.4. The Kier molecular flexibility index (Phi) is 4.83. The quantitative estimate of drug-likeness (QED) is 0.770. The maximum atomic E-state index is 13.5. The summed E-state index contributed by atoms with van der Waals surface area (Å²) in [5.41, 5.74) is -0.00262. The second-order valence-electron chi connectivity index (χ2n) is 3.70. The average Bonchev–Trinajstić information content (AvgIpc) is 2.37. The molecule has 0 aliphatic rings. The van der Waals surface area contributed by atoms with E-state index in [2.05, 4.69) is 10.6 Å². The van der Waals surface area contributed by atoms with E-state index in [4.69, 9.17) is 10.4 Å². The summed E-state index contributed by atoms with van der Waals surface area (Å²) in [5.74, 6) is -1.93. The summed E-state index contributed by atoms with van der Waals surface area (Å²) in [5, 5.41) is 21.7. The van der Waals surface area contributed by atoms with Crippen LogP contribution in [0.2, 0.25) is 0 Å². The van der Waals surface area contributed by atoms with Crippen molar-refractivity contribution in [2.45, 2.75) is 19.4 Å². The van der Waals surface area contributed by atoms with Crippen LogP contribution >= 0.6 is 0 Å². The highest BCUT2D eigenvalue weighted by molar-refractivity contribution is 5.92. The van der Waals surface area contributed by atoms with E-state index in [1.807, 2.05) is 0 Å². The highest BCUT2D eigenvalue weighted by Gasteiger charge is 2.18.